The van der Waals surface area contributed by atoms with E-state index in [2.05, 4.69) is 32.4 Å². The Hall–Kier alpha value is -2.00. The van der Waals surface area contributed by atoms with E-state index < -0.39 is 0 Å². The number of nitrogens with one attached hydrogen (secondary N) is 1. The third-order valence-electron chi connectivity index (χ3n) is 2.98. The fraction of sp³-hybridized carbons (Fsp3) is 0.286. The van der Waals surface area contributed by atoms with Crippen molar-refractivity contribution < 1.29 is 0 Å². The molecule has 5 nitrogen and oxygen atoms in total. The number of rotatable bonds is 3. The Kier molecular flexibility index (Phi) is 4.00. The van der Waals surface area contributed by atoms with Gasteiger partial charge in [-0.1, -0.05) is 15.9 Å². The van der Waals surface area contributed by atoms with Crippen LogP contribution in [-0.4, -0.2) is 9.78 Å². The first kappa shape index (κ1) is 14.4. The first-order valence-corrected chi connectivity index (χ1v) is 7.04. The van der Waals surface area contributed by atoms with Crippen LogP contribution in [0.5, 0.6) is 0 Å². The zero-order valence-corrected chi connectivity index (χ0v) is 13.2. The number of anilines is 3. The van der Waals surface area contributed by atoms with Crippen molar-refractivity contribution in [1.82, 2.24) is 9.78 Å². The van der Waals surface area contributed by atoms with Gasteiger partial charge in [-0.3, -0.25) is 0 Å². The van der Waals surface area contributed by atoms with E-state index in [1.807, 2.05) is 37.6 Å². The molecule has 0 unspecified atom stereocenters. The molecule has 0 fully saturated rings. The number of nitriles is 1. The third-order valence-corrected chi connectivity index (χ3v) is 3.47. The van der Waals surface area contributed by atoms with Gasteiger partial charge in [0.05, 0.1) is 22.6 Å². The maximum absolute atomic E-state index is 9.18. The number of nitrogen functional groups attached to an aromatic ring is 1. The minimum atomic E-state index is 0.172. The molecule has 0 aliphatic carbocycles. The Morgan fingerprint density at radius 1 is 1.45 bits per heavy atom. The fourth-order valence-corrected chi connectivity index (χ4v) is 2.26. The molecule has 2 rings (SSSR count). The van der Waals surface area contributed by atoms with Crippen LogP contribution in [0.15, 0.2) is 22.7 Å². The summed E-state index contributed by atoms with van der Waals surface area (Å²) in [6.45, 7) is 5.93. The molecule has 0 radical (unpaired) electrons. The lowest BCUT2D eigenvalue weighted by molar-refractivity contribution is 0.536. The molecule has 0 amide bonds. The Morgan fingerprint density at radius 3 is 2.75 bits per heavy atom. The summed E-state index contributed by atoms with van der Waals surface area (Å²) in [6.07, 6.45) is 0. The van der Waals surface area contributed by atoms with Gasteiger partial charge in [0.25, 0.3) is 0 Å². The van der Waals surface area contributed by atoms with Crippen LogP contribution in [0.3, 0.4) is 0 Å². The van der Waals surface area contributed by atoms with Crippen LogP contribution in [0, 0.1) is 18.3 Å². The second-order valence-corrected chi connectivity index (χ2v) is 5.73. The number of benzene rings is 1. The molecule has 1 aromatic carbocycles. The van der Waals surface area contributed by atoms with E-state index >= 15 is 0 Å². The summed E-state index contributed by atoms with van der Waals surface area (Å²) < 4.78 is 2.72. The van der Waals surface area contributed by atoms with Gasteiger partial charge in [0, 0.05) is 10.5 Å². The highest BCUT2D eigenvalue weighted by atomic mass is 79.9. The van der Waals surface area contributed by atoms with Crippen LogP contribution in [0.1, 0.15) is 31.1 Å². The molecule has 1 heterocycles. The van der Waals surface area contributed by atoms with Crippen molar-refractivity contribution in [3.05, 3.63) is 33.9 Å². The molecule has 0 saturated heterocycles. The van der Waals surface area contributed by atoms with E-state index in [1.54, 1.807) is 6.07 Å². The minimum Gasteiger partial charge on any atom is -0.394 e. The van der Waals surface area contributed by atoms with Crippen molar-refractivity contribution in [3.8, 4) is 6.07 Å². The maximum atomic E-state index is 9.18. The number of halogens is 1. The van der Waals surface area contributed by atoms with E-state index in [0.717, 1.165) is 10.2 Å². The van der Waals surface area contributed by atoms with Gasteiger partial charge < -0.3 is 11.1 Å². The van der Waals surface area contributed by atoms with Gasteiger partial charge >= 0.3 is 0 Å². The molecule has 104 valence electrons. The molecule has 20 heavy (non-hydrogen) atoms. The van der Waals surface area contributed by atoms with Crippen LogP contribution >= 0.6 is 15.9 Å². The van der Waals surface area contributed by atoms with Gasteiger partial charge in [0.15, 0.2) is 5.82 Å². The van der Waals surface area contributed by atoms with Gasteiger partial charge in [-0.25, -0.2) is 4.68 Å². The monoisotopic (exact) mass is 333 g/mol. The minimum absolute atomic E-state index is 0.172. The number of aromatic nitrogens is 2. The summed E-state index contributed by atoms with van der Waals surface area (Å²) in [7, 11) is 0. The van der Waals surface area contributed by atoms with Crippen molar-refractivity contribution in [2.24, 2.45) is 0 Å². The van der Waals surface area contributed by atoms with Crippen LogP contribution in [-0.2, 0) is 0 Å². The fourth-order valence-electron chi connectivity index (χ4n) is 1.90. The normalized spacial score (nSPS) is 10.6. The Labute approximate surface area is 126 Å². The molecule has 0 spiro atoms. The van der Waals surface area contributed by atoms with Crippen molar-refractivity contribution in [3.63, 3.8) is 0 Å². The summed E-state index contributed by atoms with van der Waals surface area (Å²) >= 11 is 3.41. The lowest BCUT2D eigenvalue weighted by Crippen LogP contribution is -2.08. The molecular formula is C14H16BrN5. The Balaban J connectivity index is 2.50. The number of hydrogen-bond donors (Lipinski definition) is 2. The SMILES string of the molecule is Cc1nn(C(C)C)c(Nc2cc(Br)ccc2C#N)c1N. The standard InChI is InChI=1S/C14H16BrN5/c1-8(2)20-14(13(17)9(3)19-20)18-12-6-11(15)5-4-10(12)7-16/h4-6,8,18H,17H2,1-3H3. The van der Waals surface area contributed by atoms with Gasteiger partial charge in [-0.05, 0) is 39.0 Å². The summed E-state index contributed by atoms with van der Waals surface area (Å²) in [4.78, 5) is 0. The van der Waals surface area contributed by atoms with Gasteiger partial charge in [-0.15, -0.1) is 0 Å². The van der Waals surface area contributed by atoms with Gasteiger partial charge in [-0.2, -0.15) is 10.4 Å². The van der Waals surface area contributed by atoms with Crippen molar-refractivity contribution in [1.29, 1.82) is 5.26 Å². The van der Waals surface area contributed by atoms with Crippen LogP contribution in [0.25, 0.3) is 0 Å². The van der Waals surface area contributed by atoms with Crippen LogP contribution in [0.2, 0.25) is 0 Å². The molecule has 0 saturated carbocycles. The molecule has 2 aromatic rings. The maximum Gasteiger partial charge on any atom is 0.152 e. The summed E-state index contributed by atoms with van der Waals surface area (Å²) in [5, 5.41) is 16.8. The number of aryl methyl sites for hydroxylation is 1. The summed E-state index contributed by atoms with van der Waals surface area (Å²) in [5.74, 6) is 0.715. The first-order valence-electron chi connectivity index (χ1n) is 6.25. The van der Waals surface area contributed by atoms with Gasteiger partial charge in [0.1, 0.15) is 6.07 Å². The first-order chi connectivity index (χ1) is 9.43. The Bertz CT molecular complexity index is 682. The topological polar surface area (TPSA) is 79.7 Å². The predicted octanol–water partition coefficient (Wildman–Crippen LogP) is 3.73. The zero-order valence-electron chi connectivity index (χ0n) is 11.6. The quantitative estimate of drug-likeness (QED) is 0.896. The van der Waals surface area contributed by atoms with Crippen molar-refractivity contribution in [2.45, 2.75) is 26.8 Å². The molecular weight excluding hydrogens is 318 g/mol. The molecule has 3 N–H and O–H groups in total. The molecule has 0 aliphatic rings. The highest BCUT2D eigenvalue weighted by Gasteiger charge is 2.16. The van der Waals surface area contributed by atoms with E-state index in [-0.39, 0.29) is 6.04 Å². The highest BCUT2D eigenvalue weighted by Crippen LogP contribution is 2.31. The second-order valence-electron chi connectivity index (χ2n) is 4.81. The van der Waals surface area contributed by atoms with Crippen molar-refractivity contribution >= 4 is 33.1 Å². The van der Waals surface area contributed by atoms with Crippen molar-refractivity contribution in [2.75, 3.05) is 11.1 Å². The molecule has 1 aromatic heterocycles. The summed E-state index contributed by atoms with van der Waals surface area (Å²) in [5.41, 5.74) is 8.71. The molecule has 0 aliphatic heterocycles. The number of nitrogens with two attached hydrogens (primary N) is 1. The predicted molar refractivity (Wildman–Crippen MR) is 83.9 cm³/mol. The molecule has 0 atom stereocenters. The third kappa shape index (κ3) is 2.63. The second kappa shape index (κ2) is 5.55. The highest BCUT2D eigenvalue weighted by molar-refractivity contribution is 9.10. The number of nitrogens with zero attached hydrogens (tertiary/aromatic N) is 3. The molecule has 6 heteroatoms. The smallest absolute Gasteiger partial charge is 0.152 e. The largest absolute Gasteiger partial charge is 0.394 e. The lowest BCUT2D eigenvalue weighted by Gasteiger charge is -2.14. The average molecular weight is 334 g/mol. The van der Waals surface area contributed by atoms with Gasteiger partial charge in [0.2, 0.25) is 0 Å². The van der Waals surface area contributed by atoms with E-state index in [9.17, 15) is 5.26 Å². The average Bonchev–Trinajstić information content (AvgIpc) is 2.67. The Morgan fingerprint density at radius 2 is 2.15 bits per heavy atom. The zero-order chi connectivity index (χ0) is 14.9. The summed E-state index contributed by atoms with van der Waals surface area (Å²) in [6, 6.07) is 7.78. The van der Waals surface area contributed by atoms with E-state index in [4.69, 9.17) is 5.73 Å². The van der Waals surface area contributed by atoms with Crippen LogP contribution < -0.4 is 11.1 Å². The number of hydrogen-bond acceptors (Lipinski definition) is 4. The van der Waals surface area contributed by atoms with E-state index in [1.165, 1.54) is 0 Å². The van der Waals surface area contributed by atoms with E-state index in [0.29, 0.717) is 22.8 Å². The molecule has 0 bridgehead atoms. The lowest BCUT2D eigenvalue weighted by atomic mass is 10.2. The van der Waals surface area contributed by atoms with Crippen LogP contribution in [0.4, 0.5) is 17.2 Å².